The van der Waals surface area contributed by atoms with E-state index in [1.54, 1.807) is 31.1 Å². The number of aromatic nitrogens is 6. The Balaban J connectivity index is 1.49. The number of rotatable bonds is 9. The zero-order valence-corrected chi connectivity index (χ0v) is 21.7. The molecular formula is C27H29F2N7O3. The molecule has 6 rings (SSSR count). The van der Waals surface area contributed by atoms with Gasteiger partial charge in [-0.05, 0) is 57.2 Å². The lowest BCUT2D eigenvalue weighted by atomic mass is 10.1. The molecular weight excluding hydrogens is 508 g/mol. The fraction of sp³-hybridized carbons (Fsp3) is 0.444. The maximum atomic E-state index is 14.3. The molecule has 2 aliphatic rings. The number of benzene rings is 1. The first-order valence-corrected chi connectivity index (χ1v) is 13.1. The number of imidazole rings is 1. The van der Waals surface area contributed by atoms with Gasteiger partial charge in [0, 0.05) is 18.9 Å². The molecule has 1 atom stereocenters. The quantitative estimate of drug-likeness (QED) is 0.309. The third-order valence-electron chi connectivity index (χ3n) is 7.08. The van der Waals surface area contributed by atoms with E-state index in [-0.39, 0.29) is 29.3 Å². The van der Waals surface area contributed by atoms with Crippen molar-refractivity contribution in [2.75, 3.05) is 19.0 Å². The van der Waals surface area contributed by atoms with Crippen molar-refractivity contribution in [3.8, 4) is 11.4 Å². The molecule has 1 saturated heterocycles. The standard InChI is InChI=1S/C27H29F2N7O3/c1-15-30-14-35(34-15)20-7-5-6-18(24(20)38-2)32-19-12-17(13-21(37)16-9-10-16)31-26-23(19)33-27(25(28)29)36(26)22-8-3-4-11-39-22/h5-7,12,14,16,22,25H,3-4,8-11,13H2,1-2H3,(H,31,32). The average molecular weight is 538 g/mol. The number of methoxy groups -OCH3 is 1. The van der Waals surface area contributed by atoms with E-state index in [1.807, 2.05) is 18.2 Å². The number of Topliss-reactive ketones (excluding diaryl/α,β-unsaturated/α-hetero) is 1. The van der Waals surface area contributed by atoms with Crippen LogP contribution in [0.5, 0.6) is 5.75 Å². The van der Waals surface area contributed by atoms with Crippen LogP contribution in [0.2, 0.25) is 0 Å². The summed E-state index contributed by atoms with van der Waals surface area (Å²) < 4.78 is 43.2. The van der Waals surface area contributed by atoms with Crippen molar-refractivity contribution in [1.82, 2.24) is 29.3 Å². The first kappa shape index (κ1) is 25.4. The van der Waals surface area contributed by atoms with Crippen LogP contribution in [-0.2, 0) is 16.0 Å². The van der Waals surface area contributed by atoms with Crippen molar-refractivity contribution in [3.63, 3.8) is 0 Å². The van der Waals surface area contributed by atoms with Gasteiger partial charge >= 0.3 is 0 Å². The van der Waals surface area contributed by atoms with Gasteiger partial charge in [0.1, 0.15) is 35.4 Å². The highest BCUT2D eigenvalue weighted by atomic mass is 19.3. The lowest BCUT2D eigenvalue weighted by Gasteiger charge is -2.25. The number of pyridine rings is 1. The zero-order chi connectivity index (χ0) is 27.1. The van der Waals surface area contributed by atoms with Crippen LogP contribution in [0.25, 0.3) is 16.9 Å². The van der Waals surface area contributed by atoms with E-state index in [2.05, 4.69) is 25.4 Å². The Labute approximate surface area is 223 Å². The lowest BCUT2D eigenvalue weighted by molar-refractivity contribution is -0.119. The highest BCUT2D eigenvalue weighted by molar-refractivity contribution is 5.92. The number of carbonyl (C=O) groups is 1. The summed E-state index contributed by atoms with van der Waals surface area (Å²) in [4.78, 5) is 26.0. The normalized spacial score (nSPS) is 17.6. The Morgan fingerprint density at radius 2 is 2.05 bits per heavy atom. The average Bonchev–Trinajstić information content (AvgIpc) is 3.59. The molecule has 1 aliphatic heterocycles. The monoisotopic (exact) mass is 537 g/mol. The Morgan fingerprint density at radius 3 is 2.72 bits per heavy atom. The summed E-state index contributed by atoms with van der Waals surface area (Å²) in [5.74, 6) is 0.822. The van der Waals surface area contributed by atoms with E-state index in [0.29, 0.717) is 47.4 Å². The largest absolute Gasteiger partial charge is 0.492 e. The molecule has 4 heterocycles. The zero-order valence-electron chi connectivity index (χ0n) is 21.7. The Kier molecular flexibility index (Phi) is 6.71. The van der Waals surface area contributed by atoms with Gasteiger partial charge in [-0.1, -0.05) is 6.07 Å². The van der Waals surface area contributed by atoms with Crippen LogP contribution in [0.3, 0.4) is 0 Å². The van der Waals surface area contributed by atoms with Crippen LogP contribution in [-0.4, -0.2) is 48.8 Å². The van der Waals surface area contributed by atoms with Crippen LogP contribution < -0.4 is 10.1 Å². The highest BCUT2D eigenvalue weighted by Crippen LogP contribution is 2.39. The fourth-order valence-corrected chi connectivity index (χ4v) is 5.04. The molecule has 1 N–H and O–H groups in total. The topological polar surface area (TPSA) is 109 Å². The number of carbonyl (C=O) groups excluding carboxylic acids is 1. The maximum absolute atomic E-state index is 14.3. The Bertz CT molecular complexity index is 1520. The van der Waals surface area contributed by atoms with Crippen LogP contribution in [0.15, 0.2) is 30.6 Å². The van der Waals surface area contributed by atoms with Crippen LogP contribution in [0.4, 0.5) is 20.2 Å². The number of ketones is 1. The van der Waals surface area contributed by atoms with Crippen LogP contribution in [0, 0.1) is 12.8 Å². The summed E-state index contributed by atoms with van der Waals surface area (Å²) in [5, 5.41) is 7.71. The molecule has 39 heavy (non-hydrogen) atoms. The molecule has 10 nitrogen and oxygen atoms in total. The predicted molar refractivity (Wildman–Crippen MR) is 139 cm³/mol. The number of halogens is 2. The van der Waals surface area contributed by atoms with Gasteiger partial charge in [0.15, 0.2) is 17.2 Å². The first-order valence-electron chi connectivity index (χ1n) is 13.1. The molecule has 1 unspecified atom stereocenters. The van der Waals surface area contributed by atoms with Crippen molar-refractivity contribution in [2.45, 2.75) is 58.1 Å². The smallest absolute Gasteiger partial charge is 0.295 e. The summed E-state index contributed by atoms with van der Waals surface area (Å²) in [5.41, 5.74) is 2.68. The molecule has 12 heteroatoms. The Hall–Kier alpha value is -3.93. The van der Waals surface area contributed by atoms with E-state index in [0.717, 1.165) is 25.7 Å². The fourth-order valence-electron chi connectivity index (χ4n) is 5.04. The molecule has 1 aliphatic carbocycles. The summed E-state index contributed by atoms with van der Waals surface area (Å²) in [6.07, 6.45) is 2.32. The first-order chi connectivity index (χ1) is 18.9. The molecule has 4 aromatic rings. The molecule has 0 spiro atoms. The SMILES string of the molecule is COc1c(Nc2cc(CC(=O)C3CC3)nc3c2nc(C(F)F)n3C2CCCCO2)cccc1-n1cnc(C)n1. The summed E-state index contributed by atoms with van der Waals surface area (Å²) in [6, 6.07) is 7.18. The van der Waals surface area contributed by atoms with Gasteiger partial charge in [0.2, 0.25) is 0 Å². The van der Waals surface area contributed by atoms with Gasteiger partial charge in [-0.25, -0.2) is 28.4 Å². The van der Waals surface area contributed by atoms with Gasteiger partial charge in [0.05, 0.1) is 24.2 Å². The summed E-state index contributed by atoms with van der Waals surface area (Å²) in [6.45, 7) is 2.26. The van der Waals surface area contributed by atoms with Crippen LogP contribution in [0.1, 0.15) is 62.1 Å². The van der Waals surface area contributed by atoms with Crippen molar-refractivity contribution in [3.05, 3.63) is 47.9 Å². The second-order valence-corrected chi connectivity index (χ2v) is 9.93. The van der Waals surface area contributed by atoms with Crippen molar-refractivity contribution in [2.24, 2.45) is 5.92 Å². The molecule has 1 aromatic carbocycles. The van der Waals surface area contributed by atoms with Crippen molar-refractivity contribution >= 4 is 28.3 Å². The van der Waals surface area contributed by atoms with Gasteiger partial charge in [-0.15, -0.1) is 0 Å². The molecule has 204 valence electrons. The predicted octanol–water partition coefficient (Wildman–Crippen LogP) is 5.23. The minimum absolute atomic E-state index is 0.0463. The summed E-state index contributed by atoms with van der Waals surface area (Å²) in [7, 11) is 1.54. The number of hydrogen-bond acceptors (Lipinski definition) is 8. The van der Waals surface area contributed by atoms with Crippen molar-refractivity contribution in [1.29, 1.82) is 0 Å². The second-order valence-electron chi connectivity index (χ2n) is 9.93. The number of anilines is 2. The number of para-hydroxylation sites is 1. The third-order valence-corrected chi connectivity index (χ3v) is 7.08. The number of alkyl halides is 2. The van der Waals surface area contributed by atoms with E-state index < -0.39 is 18.5 Å². The summed E-state index contributed by atoms with van der Waals surface area (Å²) >= 11 is 0. The van der Waals surface area contributed by atoms with E-state index >= 15 is 0 Å². The molecule has 0 amide bonds. The van der Waals surface area contributed by atoms with E-state index in [9.17, 15) is 13.6 Å². The van der Waals surface area contributed by atoms with E-state index in [4.69, 9.17) is 9.47 Å². The number of fused-ring (bicyclic) bond motifs is 1. The molecule has 1 saturated carbocycles. The van der Waals surface area contributed by atoms with E-state index in [1.165, 1.54) is 4.57 Å². The molecule has 0 radical (unpaired) electrons. The number of ether oxygens (including phenoxy) is 2. The van der Waals surface area contributed by atoms with Gasteiger partial charge < -0.3 is 14.8 Å². The number of hydrogen-bond donors (Lipinski definition) is 1. The van der Waals surface area contributed by atoms with Gasteiger partial charge in [0.25, 0.3) is 6.43 Å². The Morgan fingerprint density at radius 1 is 1.21 bits per heavy atom. The van der Waals surface area contributed by atoms with Crippen molar-refractivity contribution < 1.29 is 23.0 Å². The third kappa shape index (κ3) is 4.96. The molecule has 0 bridgehead atoms. The highest BCUT2D eigenvalue weighted by Gasteiger charge is 2.32. The lowest BCUT2D eigenvalue weighted by Crippen LogP contribution is -2.21. The minimum atomic E-state index is -2.83. The maximum Gasteiger partial charge on any atom is 0.295 e. The van der Waals surface area contributed by atoms with Crippen LogP contribution >= 0.6 is 0 Å². The number of nitrogens with zero attached hydrogens (tertiary/aromatic N) is 6. The second kappa shape index (κ2) is 10.3. The number of aryl methyl sites for hydroxylation is 1. The number of nitrogens with one attached hydrogen (secondary N) is 1. The minimum Gasteiger partial charge on any atom is -0.492 e. The molecule has 3 aromatic heterocycles. The van der Waals surface area contributed by atoms with Gasteiger partial charge in [-0.2, -0.15) is 5.10 Å². The van der Waals surface area contributed by atoms with Gasteiger partial charge in [-0.3, -0.25) is 9.36 Å². The molecule has 2 fully saturated rings.